The summed E-state index contributed by atoms with van der Waals surface area (Å²) in [7, 11) is -3.35. The molecule has 0 saturated heterocycles. The van der Waals surface area contributed by atoms with Crippen LogP contribution in [-0.2, 0) is 4.57 Å². The van der Waals surface area contributed by atoms with Crippen LogP contribution >= 0.6 is 7.37 Å². The van der Waals surface area contributed by atoms with Crippen LogP contribution < -0.4 is 5.57 Å². The van der Waals surface area contributed by atoms with Crippen LogP contribution in [0.5, 0.6) is 0 Å². The standard InChI is InChI=1S/C9H10N3O2P/c1-15(13,14)9-11-5-6-12(9)8-3-2-4-10-7-8/h2-7H,1H3,(H,13,14). The van der Waals surface area contributed by atoms with E-state index in [1.165, 1.54) is 12.9 Å². The Morgan fingerprint density at radius 1 is 1.47 bits per heavy atom. The van der Waals surface area contributed by atoms with Crippen molar-refractivity contribution >= 4 is 12.9 Å². The van der Waals surface area contributed by atoms with Crippen LogP contribution in [0.25, 0.3) is 5.69 Å². The van der Waals surface area contributed by atoms with E-state index in [1.54, 1.807) is 35.3 Å². The zero-order valence-corrected chi connectivity index (χ0v) is 9.00. The van der Waals surface area contributed by atoms with Gasteiger partial charge in [0, 0.05) is 25.3 Å². The average molecular weight is 223 g/mol. The van der Waals surface area contributed by atoms with Crippen molar-refractivity contribution in [3.8, 4) is 5.69 Å². The van der Waals surface area contributed by atoms with Gasteiger partial charge in [-0.3, -0.25) is 14.1 Å². The monoisotopic (exact) mass is 223 g/mol. The van der Waals surface area contributed by atoms with Gasteiger partial charge in [-0.05, 0) is 12.1 Å². The number of hydrogen-bond acceptors (Lipinski definition) is 3. The molecule has 0 saturated carbocycles. The molecule has 1 atom stereocenters. The maximum Gasteiger partial charge on any atom is 0.261 e. The Bertz CT molecular complexity index is 503. The smallest absolute Gasteiger partial charge is 0.261 e. The maximum absolute atomic E-state index is 11.5. The van der Waals surface area contributed by atoms with E-state index in [1.807, 2.05) is 0 Å². The third-order valence-electron chi connectivity index (χ3n) is 1.92. The van der Waals surface area contributed by atoms with Gasteiger partial charge in [0.2, 0.25) is 0 Å². The first-order chi connectivity index (χ1) is 7.09. The van der Waals surface area contributed by atoms with Gasteiger partial charge in [0.25, 0.3) is 7.37 Å². The van der Waals surface area contributed by atoms with Gasteiger partial charge in [0.15, 0.2) is 5.57 Å². The molecule has 0 spiro atoms. The Labute approximate surface area is 86.9 Å². The molecule has 0 bridgehead atoms. The van der Waals surface area contributed by atoms with E-state index in [9.17, 15) is 9.46 Å². The fourth-order valence-corrected chi connectivity index (χ4v) is 2.16. The fourth-order valence-electron chi connectivity index (χ4n) is 1.30. The van der Waals surface area contributed by atoms with Crippen molar-refractivity contribution in [2.75, 3.05) is 6.66 Å². The molecule has 5 nitrogen and oxygen atoms in total. The van der Waals surface area contributed by atoms with Gasteiger partial charge in [-0.15, -0.1) is 0 Å². The summed E-state index contributed by atoms with van der Waals surface area (Å²) in [4.78, 5) is 17.3. The van der Waals surface area contributed by atoms with Gasteiger partial charge < -0.3 is 4.89 Å². The third kappa shape index (κ3) is 1.98. The van der Waals surface area contributed by atoms with E-state index in [-0.39, 0.29) is 5.57 Å². The van der Waals surface area contributed by atoms with E-state index >= 15 is 0 Å². The number of aromatic nitrogens is 3. The molecule has 0 aromatic carbocycles. The third-order valence-corrected chi connectivity index (χ3v) is 2.99. The zero-order chi connectivity index (χ0) is 10.9. The van der Waals surface area contributed by atoms with Gasteiger partial charge in [0.1, 0.15) is 0 Å². The Hall–Kier alpha value is -1.45. The van der Waals surface area contributed by atoms with Crippen molar-refractivity contribution in [3.05, 3.63) is 36.9 Å². The second kappa shape index (κ2) is 3.61. The van der Waals surface area contributed by atoms with Gasteiger partial charge >= 0.3 is 0 Å². The highest BCUT2D eigenvalue weighted by Crippen LogP contribution is 2.33. The Morgan fingerprint density at radius 3 is 2.87 bits per heavy atom. The van der Waals surface area contributed by atoms with Crippen molar-refractivity contribution in [2.45, 2.75) is 0 Å². The lowest BCUT2D eigenvalue weighted by atomic mass is 10.4. The predicted octanol–water partition coefficient (Wildman–Crippen LogP) is 0.793. The van der Waals surface area contributed by atoms with E-state index < -0.39 is 7.37 Å². The fraction of sp³-hybridized carbons (Fsp3) is 0.111. The number of nitrogens with zero attached hydrogens (tertiary/aromatic N) is 3. The van der Waals surface area contributed by atoms with Crippen molar-refractivity contribution in [3.63, 3.8) is 0 Å². The molecule has 15 heavy (non-hydrogen) atoms. The predicted molar refractivity (Wildman–Crippen MR) is 56.7 cm³/mol. The molecule has 2 aromatic heterocycles. The van der Waals surface area contributed by atoms with Crippen LogP contribution in [0.4, 0.5) is 0 Å². The largest absolute Gasteiger partial charge is 0.339 e. The molecule has 0 amide bonds. The lowest BCUT2D eigenvalue weighted by Gasteiger charge is -2.08. The molecule has 1 N–H and O–H groups in total. The summed E-state index contributed by atoms with van der Waals surface area (Å²) in [5.74, 6) is 0. The van der Waals surface area contributed by atoms with E-state index in [0.29, 0.717) is 0 Å². The maximum atomic E-state index is 11.5. The molecular formula is C9H10N3O2P. The quantitative estimate of drug-likeness (QED) is 0.764. The molecule has 0 aliphatic heterocycles. The average Bonchev–Trinajstić information content (AvgIpc) is 2.67. The minimum atomic E-state index is -3.35. The minimum absolute atomic E-state index is 0.163. The SMILES string of the molecule is CP(=O)(O)c1nccn1-c1cccnc1. The summed E-state index contributed by atoms with van der Waals surface area (Å²) in [6.07, 6.45) is 6.39. The minimum Gasteiger partial charge on any atom is -0.339 e. The molecule has 6 heteroatoms. The first-order valence-corrected chi connectivity index (χ1v) is 6.44. The number of hydrogen-bond donors (Lipinski definition) is 1. The number of imidazole rings is 1. The number of pyridine rings is 1. The van der Waals surface area contributed by atoms with Crippen molar-refractivity contribution in [1.82, 2.24) is 14.5 Å². The molecule has 0 aliphatic rings. The van der Waals surface area contributed by atoms with Gasteiger partial charge in [-0.2, -0.15) is 0 Å². The van der Waals surface area contributed by atoms with Gasteiger partial charge in [0.05, 0.1) is 11.9 Å². The summed E-state index contributed by atoms with van der Waals surface area (Å²) in [6, 6.07) is 3.56. The molecule has 2 heterocycles. The highest BCUT2D eigenvalue weighted by Gasteiger charge is 2.20. The van der Waals surface area contributed by atoms with Crippen molar-refractivity contribution in [1.29, 1.82) is 0 Å². The second-order valence-electron chi connectivity index (χ2n) is 3.19. The van der Waals surface area contributed by atoms with E-state index in [4.69, 9.17) is 0 Å². The van der Waals surface area contributed by atoms with E-state index in [2.05, 4.69) is 9.97 Å². The highest BCUT2D eigenvalue weighted by atomic mass is 31.2. The molecular weight excluding hydrogens is 213 g/mol. The van der Waals surface area contributed by atoms with Gasteiger partial charge in [-0.25, -0.2) is 4.98 Å². The van der Waals surface area contributed by atoms with Crippen LogP contribution in [0, 0.1) is 0 Å². The van der Waals surface area contributed by atoms with Crippen LogP contribution in [0.3, 0.4) is 0 Å². The summed E-state index contributed by atoms with van der Waals surface area (Å²) in [5.41, 5.74) is 0.886. The van der Waals surface area contributed by atoms with Crippen LogP contribution in [-0.4, -0.2) is 26.1 Å². The normalized spacial score (nSPS) is 14.8. The van der Waals surface area contributed by atoms with Crippen LogP contribution in [0.1, 0.15) is 0 Å². The van der Waals surface area contributed by atoms with Crippen molar-refractivity contribution < 1.29 is 9.46 Å². The highest BCUT2D eigenvalue weighted by molar-refractivity contribution is 7.64. The Morgan fingerprint density at radius 2 is 2.27 bits per heavy atom. The first kappa shape index (κ1) is 10.1. The lowest BCUT2D eigenvalue weighted by molar-refractivity contribution is 0.494. The molecule has 0 fully saturated rings. The zero-order valence-electron chi connectivity index (χ0n) is 8.11. The second-order valence-corrected chi connectivity index (χ2v) is 5.35. The van der Waals surface area contributed by atoms with Crippen molar-refractivity contribution in [2.24, 2.45) is 0 Å². The molecule has 0 aliphatic carbocycles. The molecule has 2 aromatic rings. The first-order valence-electron chi connectivity index (χ1n) is 4.33. The summed E-state index contributed by atoms with van der Waals surface area (Å²) in [5, 5.41) is 0. The van der Waals surface area contributed by atoms with Crippen LogP contribution in [0.15, 0.2) is 36.9 Å². The lowest BCUT2D eigenvalue weighted by Crippen LogP contribution is -2.17. The summed E-state index contributed by atoms with van der Waals surface area (Å²) >= 11 is 0. The summed E-state index contributed by atoms with van der Waals surface area (Å²) in [6.45, 7) is 1.27. The Balaban J connectivity index is 2.56. The Kier molecular flexibility index (Phi) is 2.42. The topological polar surface area (TPSA) is 68.0 Å². The molecule has 2 rings (SSSR count). The number of rotatable bonds is 2. The molecule has 0 radical (unpaired) electrons. The molecule has 1 unspecified atom stereocenters. The summed E-state index contributed by atoms with van der Waals surface area (Å²) < 4.78 is 13.1. The molecule has 78 valence electrons. The van der Waals surface area contributed by atoms with E-state index in [0.717, 1.165) is 5.69 Å². The van der Waals surface area contributed by atoms with Crippen LogP contribution in [0.2, 0.25) is 0 Å². The van der Waals surface area contributed by atoms with Gasteiger partial charge in [-0.1, -0.05) is 0 Å².